The van der Waals surface area contributed by atoms with Crippen LogP contribution >= 0.6 is 11.6 Å². The fourth-order valence-electron chi connectivity index (χ4n) is 2.66. The number of hydrazine groups is 1. The maximum absolute atomic E-state index is 11.9. The Bertz CT molecular complexity index is 468. The van der Waals surface area contributed by atoms with Crippen LogP contribution in [0.3, 0.4) is 0 Å². The summed E-state index contributed by atoms with van der Waals surface area (Å²) in [6.45, 7) is 2.51. The van der Waals surface area contributed by atoms with Crippen molar-refractivity contribution in [3.05, 3.63) is 35.9 Å². The summed E-state index contributed by atoms with van der Waals surface area (Å²) < 4.78 is 5.18. The summed E-state index contributed by atoms with van der Waals surface area (Å²) in [5, 5.41) is 3.64. The van der Waals surface area contributed by atoms with Gasteiger partial charge in [0.25, 0.3) is 0 Å². The Balaban J connectivity index is 1.73. The van der Waals surface area contributed by atoms with Gasteiger partial charge in [-0.1, -0.05) is 37.3 Å². The van der Waals surface area contributed by atoms with Gasteiger partial charge in [0, 0.05) is 0 Å². The van der Waals surface area contributed by atoms with Crippen LogP contribution in [0.4, 0.5) is 4.79 Å². The standard InChI is InChI=1S/C14H17ClN2O2/c1-2-12-13(15)17(12)16-11(9-19-14(16)18)8-10-6-4-3-5-7-10/h3-7,11-13H,2,8-9H2,1H3/t11-,12+,13?,17?/m0/s1. The molecule has 2 aliphatic heterocycles. The molecule has 2 saturated heterocycles. The lowest BCUT2D eigenvalue weighted by Gasteiger charge is -2.22. The Morgan fingerprint density at radius 1 is 1.37 bits per heavy atom. The minimum atomic E-state index is -0.275. The first-order valence-electron chi connectivity index (χ1n) is 6.64. The lowest BCUT2D eigenvalue weighted by atomic mass is 10.1. The van der Waals surface area contributed by atoms with E-state index in [1.165, 1.54) is 5.56 Å². The number of carbonyl (C=O) groups excluding carboxylic acids is 1. The average Bonchev–Trinajstić information content (AvgIpc) is 2.93. The van der Waals surface area contributed by atoms with Gasteiger partial charge in [0.1, 0.15) is 12.1 Å². The lowest BCUT2D eigenvalue weighted by Crippen LogP contribution is -2.40. The largest absolute Gasteiger partial charge is 0.446 e. The Hall–Kier alpha value is -1.26. The lowest BCUT2D eigenvalue weighted by molar-refractivity contribution is 0.0801. The predicted molar refractivity (Wildman–Crippen MR) is 72.7 cm³/mol. The number of alkyl halides is 1. The number of carbonyl (C=O) groups is 1. The van der Waals surface area contributed by atoms with Crippen LogP contribution < -0.4 is 0 Å². The Morgan fingerprint density at radius 2 is 2.11 bits per heavy atom. The number of benzene rings is 1. The number of cyclic esters (lactones) is 1. The van der Waals surface area contributed by atoms with Crippen LogP contribution in [-0.2, 0) is 11.2 Å². The highest BCUT2D eigenvalue weighted by Gasteiger charge is 2.54. The van der Waals surface area contributed by atoms with Crippen molar-refractivity contribution in [2.45, 2.75) is 37.4 Å². The van der Waals surface area contributed by atoms with Crippen molar-refractivity contribution in [2.24, 2.45) is 0 Å². The third-order valence-corrected chi connectivity index (χ3v) is 4.22. The average molecular weight is 281 g/mol. The van der Waals surface area contributed by atoms with Gasteiger partial charge in [-0.25, -0.2) is 9.80 Å². The van der Waals surface area contributed by atoms with E-state index in [2.05, 4.69) is 19.1 Å². The second kappa shape index (κ2) is 5.02. The third kappa shape index (κ3) is 2.30. The Labute approximate surface area is 117 Å². The summed E-state index contributed by atoms with van der Waals surface area (Å²) in [4.78, 5) is 11.9. The maximum Gasteiger partial charge on any atom is 0.424 e. The number of nitrogens with zero attached hydrogens (tertiary/aromatic N) is 2. The summed E-state index contributed by atoms with van der Waals surface area (Å²) >= 11 is 6.21. The van der Waals surface area contributed by atoms with Crippen molar-refractivity contribution < 1.29 is 9.53 Å². The van der Waals surface area contributed by atoms with Gasteiger partial charge in [0.15, 0.2) is 0 Å². The molecule has 5 heteroatoms. The van der Waals surface area contributed by atoms with Crippen LogP contribution in [0, 0.1) is 0 Å². The molecule has 0 aliphatic carbocycles. The zero-order valence-electron chi connectivity index (χ0n) is 10.8. The minimum absolute atomic E-state index is 0.0488. The number of amides is 1. The number of ether oxygens (including phenoxy) is 1. The zero-order valence-corrected chi connectivity index (χ0v) is 11.6. The van der Waals surface area contributed by atoms with Crippen LogP contribution in [-0.4, -0.2) is 40.3 Å². The molecule has 0 spiro atoms. The molecule has 0 N–H and O–H groups in total. The first kappa shape index (κ1) is 12.8. The van der Waals surface area contributed by atoms with Crippen LogP contribution in [0.25, 0.3) is 0 Å². The highest BCUT2D eigenvalue weighted by atomic mass is 35.5. The molecule has 2 unspecified atom stereocenters. The van der Waals surface area contributed by atoms with Gasteiger partial charge in [-0.2, -0.15) is 5.01 Å². The highest BCUT2D eigenvalue weighted by Crippen LogP contribution is 2.39. The number of halogens is 1. The van der Waals surface area contributed by atoms with Crippen molar-refractivity contribution >= 4 is 17.7 Å². The van der Waals surface area contributed by atoms with Crippen molar-refractivity contribution in [1.29, 1.82) is 0 Å². The molecule has 0 saturated carbocycles. The molecule has 1 aromatic carbocycles. The molecule has 0 radical (unpaired) electrons. The zero-order chi connectivity index (χ0) is 13.4. The summed E-state index contributed by atoms with van der Waals surface area (Å²) in [5.41, 5.74) is 1.13. The van der Waals surface area contributed by atoms with Crippen LogP contribution in [0.5, 0.6) is 0 Å². The molecule has 4 nitrogen and oxygen atoms in total. The molecular weight excluding hydrogens is 264 g/mol. The summed E-state index contributed by atoms with van der Waals surface area (Å²) in [6.07, 6.45) is 1.46. The molecule has 19 heavy (non-hydrogen) atoms. The van der Waals surface area contributed by atoms with E-state index in [1.807, 2.05) is 23.2 Å². The Kier molecular flexibility index (Phi) is 3.37. The molecule has 102 valence electrons. The van der Waals surface area contributed by atoms with Crippen molar-refractivity contribution in [2.75, 3.05) is 6.61 Å². The van der Waals surface area contributed by atoms with Gasteiger partial charge in [-0.05, 0) is 18.4 Å². The molecular formula is C14H17ClN2O2. The van der Waals surface area contributed by atoms with Gasteiger partial charge >= 0.3 is 6.09 Å². The van der Waals surface area contributed by atoms with Gasteiger partial charge in [0.05, 0.1) is 12.1 Å². The van der Waals surface area contributed by atoms with Crippen LogP contribution in [0.1, 0.15) is 18.9 Å². The second-order valence-corrected chi connectivity index (χ2v) is 5.44. The SMILES string of the molecule is CC[C@@H]1C(Cl)N1N1C(=O)OC[C@@H]1Cc1ccccc1. The van der Waals surface area contributed by atoms with E-state index in [0.717, 1.165) is 12.8 Å². The summed E-state index contributed by atoms with van der Waals surface area (Å²) in [5.74, 6) is 0. The fourth-order valence-corrected chi connectivity index (χ4v) is 3.13. The molecule has 2 aliphatic rings. The topological polar surface area (TPSA) is 32.5 Å². The monoisotopic (exact) mass is 280 g/mol. The molecule has 1 amide bonds. The van der Waals surface area contributed by atoms with E-state index < -0.39 is 0 Å². The first-order chi connectivity index (χ1) is 9.22. The van der Waals surface area contributed by atoms with E-state index in [0.29, 0.717) is 6.61 Å². The van der Waals surface area contributed by atoms with Gasteiger partial charge < -0.3 is 4.74 Å². The first-order valence-corrected chi connectivity index (χ1v) is 7.08. The molecule has 0 aromatic heterocycles. The van der Waals surface area contributed by atoms with E-state index >= 15 is 0 Å². The number of rotatable bonds is 4. The minimum Gasteiger partial charge on any atom is -0.446 e. The van der Waals surface area contributed by atoms with E-state index in [4.69, 9.17) is 16.3 Å². The predicted octanol–water partition coefficient (Wildman–Crippen LogP) is 2.62. The molecule has 0 bridgehead atoms. The van der Waals surface area contributed by atoms with Crippen LogP contribution in [0.2, 0.25) is 0 Å². The van der Waals surface area contributed by atoms with Crippen molar-refractivity contribution in [3.63, 3.8) is 0 Å². The van der Waals surface area contributed by atoms with Crippen molar-refractivity contribution in [1.82, 2.24) is 10.0 Å². The fraction of sp³-hybridized carbons (Fsp3) is 0.500. The molecule has 4 atom stereocenters. The van der Waals surface area contributed by atoms with Crippen LogP contribution in [0.15, 0.2) is 30.3 Å². The second-order valence-electron chi connectivity index (χ2n) is 4.99. The van der Waals surface area contributed by atoms with Gasteiger partial charge in [-0.3, -0.25) is 0 Å². The number of hydrogen-bond donors (Lipinski definition) is 0. The Morgan fingerprint density at radius 3 is 2.74 bits per heavy atom. The third-order valence-electron chi connectivity index (χ3n) is 3.73. The summed E-state index contributed by atoms with van der Waals surface area (Å²) in [7, 11) is 0. The van der Waals surface area contributed by atoms with Crippen molar-refractivity contribution in [3.8, 4) is 0 Å². The molecule has 1 aromatic rings. The summed E-state index contributed by atoms with van der Waals surface area (Å²) in [6, 6.07) is 10.4. The molecule has 2 fully saturated rings. The van der Waals surface area contributed by atoms with Gasteiger partial charge in [0.2, 0.25) is 0 Å². The van der Waals surface area contributed by atoms with E-state index in [9.17, 15) is 4.79 Å². The van der Waals surface area contributed by atoms with E-state index in [1.54, 1.807) is 5.01 Å². The highest BCUT2D eigenvalue weighted by molar-refractivity contribution is 6.22. The molecule has 3 rings (SSSR count). The smallest absolute Gasteiger partial charge is 0.424 e. The normalized spacial score (nSPS) is 33.4. The van der Waals surface area contributed by atoms with E-state index in [-0.39, 0.29) is 23.7 Å². The number of hydrogen-bond acceptors (Lipinski definition) is 3. The maximum atomic E-state index is 11.9. The van der Waals surface area contributed by atoms with Gasteiger partial charge in [-0.15, -0.1) is 11.6 Å². The molecule has 2 heterocycles. The quantitative estimate of drug-likeness (QED) is 0.483.